The molecule has 7 nitrogen and oxygen atoms in total. The van der Waals surface area contributed by atoms with Crippen molar-refractivity contribution in [3.05, 3.63) is 31.6 Å². The maximum atomic E-state index is 12.2. The molecule has 0 radical (unpaired) electrons. The van der Waals surface area contributed by atoms with Crippen LogP contribution in [0.5, 0.6) is 0 Å². The van der Waals surface area contributed by atoms with E-state index < -0.39 is 20.6 Å². The van der Waals surface area contributed by atoms with Gasteiger partial charge in [0, 0.05) is 11.4 Å². The Balaban J connectivity index is 2.29. The fourth-order valence-electron chi connectivity index (χ4n) is 1.36. The van der Waals surface area contributed by atoms with Gasteiger partial charge in [-0.25, -0.2) is 13.4 Å². The first-order valence-electron chi connectivity index (χ1n) is 5.62. The van der Waals surface area contributed by atoms with E-state index in [1.165, 1.54) is 0 Å². The number of aromatic nitrogens is 1. The molecule has 0 atom stereocenters. The summed E-state index contributed by atoms with van der Waals surface area (Å²) in [5, 5.41) is 12.7. The Hall–Kier alpha value is -1.23. The van der Waals surface area contributed by atoms with Crippen LogP contribution in [-0.4, -0.2) is 18.3 Å². The highest BCUT2D eigenvalue weighted by atomic mass is 35.5. The summed E-state index contributed by atoms with van der Waals surface area (Å²) < 4.78 is 26.2. The van der Waals surface area contributed by atoms with Crippen molar-refractivity contribution < 1.29 is 13.3 Å². The maximum absolute atomic E-state index is 12.2. The predicted molar refractivity (Wildman–Crippen MR) is 83.0 cm³/mol. The maximum Gasteiger partial charge on any atom is 0.300 e. The molecular formula is C10H10ClN3O4S3. The van der Waals surface area contributed by atoms with Gasteiger partial charge in [0.25, 0.3) is 15.7 Å². The van der Waals surface area contributed by atoms with Gasteiger partial charge in [0.1, 0.15) is 4.21 Å². The highest BCUT2D eigenvalue weighted by molar-refractivity contribution is 7.95. The predicted octanol–water partition coefficient (Wildman–Crippen LogP) is 3.69. The number of sulfonamides is 1. The minimum Gasteiger partial charge on any atom is -0.258 e. The summed E-state index contributed by atoms with van der Waals surface area (Å²) in [6.07, 6.45) is 0. The monoisotopic (exact) mass is 367 g/mol. The van der Waals surface area contributed by atoms with Gasteiger partial charge in [0.2, 0.25) is 0 Å². The van der Waals surface area contributed by atoms with E-state index in [-0.39, 0.29) is 19.6 Å². The summed E-state index contributed by atoms with van der Waals surface area (Å²) in [6, 6.07) is 0.937. The molecule has 0 aromatic carbocycles. The van der Waals surface area contributed by atoms with Gasteiger partial charge >= 0.3 is 0 Å². The lowest BCUT2D eigenvalue weighted by atomic mass is 10.2. The molecule has 1 N–H and O–H groups in total. The summed E-state index contributed by atoms with van der Waals surface area (Å²) in [6.45, 7) is 3.88. The Bertz CT molecular complexity index is 781. The van der Waals surface area contributed by atoms with Crippen LogP contribution in [0.2, 0.25) is 4.34 Å². The average Bonchev–Trinajstić information content (AvgIpc) is 2.95. The van der Waals surface area contributed by atoms with E-state index in [1.54, 1.807) is 5.38 Å². The lowest BCUT2D eigenvalue weighted by Gasteiger charge is -2.02. The van der Waals surface area contributed by atoms with Crippen LogP contribution in [0.1, 0.15) is 25.5 Å². The van der Waals surface area contributed by atoms with E-state index in [4.69, 9.17) is 11.6 Å². The third-order valence-electron chi connectivity index (χ3n) is 2.44. The molecule has 0 bridgehead atoms. The summed E-state index contributed by atoms with van der Waals surface area (Å²) in [4.78, 5) is 14.1. The molecule has 2 rings (SSSR count). The normalized spacial score (nSPS) is 11.8. The van der Waals surface area contributed by atoms with Crippen LogP contribution in [0.4, 0.5) is 10.8 Å². The Kier molecular flexibility index (Phi) is 4.51. The van der Waals surface area contributed by atoms with Gasteiger partial charge in [-0.3, -0.25) is 14.8 Å². The molecule has 0 spiro atoms. The molecule has 0 unspecified atom stereocenters. The number of anilines is 1. The minimum atomic E-state index is -3.93. The van der Waals surface area contributed by atoms with Crippen molar-refractivity contribution in [2.24, 2.45) is 0 Å². The van der Waals surface area contributed by atoms with Crippen molar-refractivity contribution in [1.82, 2.24) is 4.98 Å². The van der Waals surface area contributed by atoms with Crippen LogP contribution in [0, 0.1) is 10.1 Å². The van der Waals surface area contributed by atoms with Gasteiger partial charge in [0.05, 0.1) is 10.6 Å². The van der Waals surface area contributed by atoms with E-state index in [1.807, 2.05) is 13.8 Å². The summed E-state index contributed by atoms with van der Waals surface area (Å²) >= 11 is 7.45. The zero-order chi connectivity index (χ0) is 15.8. The van der Waals surface area contributed by atoms with Crippen LogP contribution < -0.4 is 4.72 Å². The van der Waals surface area contributed by atoms with E-state index >= 15 is 0 Å². The molecule has 0 saturated carbocycles. The number of hydrogen-bond donors (Lipinski definition) is 1. The quantitative estimate of drug-likeness (QED) is 0.641. The average molecular weight is 368 g/mol. The molecule has 114 valence electrons. The van der Waals surface area contributed by atoms with Gasteiger partial charge in [-0.2, -0.15) is 0 Å². The molecule has 0 aliphatic carbocycles. The third-order valence-corrected chi connectivity index (χ3v) is 6.50. The first kappa shape index (κ1) is 16.1. The van der Waals surface area contributed by atoms with E-state index in [9.17, 15) is 18.5 Å². The van der Waals surface area contributed by atoms with Crippen molar-refractivity contribution in [3.8, 4) is 0 Å². The molecule has 0 amide bonds. The van der Waals surface area contributed by atoms with Crippen LogP contribution in [0.15, 0.2) is 15.7 Å². The van der Waals surface area contributed by atoms with Crippen molar-refractivity contribution in [1.29, 1.82) is 0 Å². The molecule has 0 aliphatic rings. The lowest BCUT2D eigenvalue weighted by Crippen LogP contribution is -2.11. The molecule has 2 aromatic heterocycles. The second-order valence-electron chi connectivity index (χ2n) is 4.32. The number of thiophene rings is 1. The molecule has 2 aromatic rings. The fourth-order valence-corrected chi connectivity index (χ4v) is 5.15. The second-order valence-corrected chi connectivity index (χ2v) is 8.74. The van der Waals surface area contributed by atoms with Crippen molar-refractivity contribution in [3.63, 3.8) is 0 Å². The Morgan fingerprint density at radius 3 is 2.62 bits per heavy atom. The van der Waals surface area contributed by atoms with E-state index in [0.29, 0.717) is 11.3 Å². The highest BCUT2D eigenvalue weighted by Gasteiger charge is 2.26. The standard InChI is InChI=1S/C10H10ClN3O4S3/c1-5(2)6-4-19-10(12-6)13-21(17,18)8-3-7(14(15)16)9(11)20-8/h3-5H,1-2H3,(H,12,13). The van der Waals surface area contributed by atoms with E-state index in [0.717, 1.165) is 23.1 Å². The van der Waals surface area contributed by atoms with Crippen molar-refractivity contribution in [2.45, 2.75) is 24.0 Å². The molecule has 21 heavy (non-hydrogen) atoms. The molecule has 0 aliphatic heterocycles. The van der Waals surface area contributed by atoms with Gasteiger partial charge in [-0.15, -0.1) is 22.7 Å². The smallest absolute Gasteiger partial charge is 0.258 e. The number of thiazole rings is 1. The number of nitro groups is 1. The van der Waals surface area contributed by atoms with Crippen LogP contribution >= 0.6 is 34.3 Å². The molecule has 0 fully saturated rings. The Morgan fingerprint density at radius 2 is 2.14 bits per heavy atom. The van der Waals surface area contributed by atoms with Crippen LogP contribution in [-0.2, 0) is 10.0 Å². The zero-order valence-electron chi connectivity index (χ0n) is 10.9. The minimum absolute atomic E-state index is 0.178. The van der Waals surface area contributed by atoms with Gasteiger partial charge in [0.15, 0.2) is 9.47 Å². The Morgan fingerprint density at radius 1 is 1.48 bits per heavy atom. The van der Waals surface area contributed by atoms with Gasteiger partial charge < -0.3 is 0 Å². The molecule has 11 heteroatoms. The SMILES string of the molecule is CC(C)c1csc(NS(=O)(=O)c2cc([N+](=O)[O-])c(Cl)s2)n1. The van der Waals surface area contributed by atoms with Gasteiger partial charge in [-0.05, 0) is 5.92 Å². The molecule has 2 heterocycles. The first-order valence-corrected chi connectivity index (χ1v) is 9.18. The molecule has 0 saturated heterocycles. The summed E-state index contributed by atoms with van der Waals surface area (Å²) in [5.74, 6) is 0.178. The van der Waals surface area contributed by atoms with Gasteiger partial charge in [-0.1, -0.05) is 25.4 Å². The number of rotatable bonds is 5. The second kappa shape index (κ2) is 5.87. The topological polar surface area (TPSA) is 102 Å². The Labute approximate surface area is 133 Å². The van der Waals surface area contributed by atoms with Crippen LogP contribution in [0.25, 0.3) is 0 Å². The number of hydrogen-bond acceptors (Lipinski definition) is 7. The number of halogens is 1. The third kappa shape index (κ3) is 3.51. The number of nitrogens with zero attached hydrogens (tertiary/aromatic N) is 2. The zero-order valence-corrected chi connectivity index (χ0v) is 14.1. The van der Waals surface area contributed by atoms with Crippen molar-refractivity contribution >= 4 is 55.1 Å². The molecular weight excluding hydrogens is 358 g/mol. The fraction of sp³-hybridized carbons (Fsp3) is 0.300. The first-order chi connectivity index (χ1) is 9.70. The lowest BCUT2D eigenvalue weighted by molar-refractivity contribution is -0.384. The van der Waals surface area contributed by atoms with E-state index in [2.05, 4.69) is 9.71 Å². The van der Waals surface area contributed by atoms with Crippen molar-refractivity contribution in [2.75, 3.05) is 4.72 Å². The van der Waals surface area contributed by atoms with Crippen LogP contribution in [0.3, 0.4) is 0 Å². The highest BCUT2D eigenvalue weighted by Crippen LogP contribution is 2.37. The largest absolute Gasteiger partial charge is 0.300 e. The number of nitrogens with one attached hydrogen (secondary N) is 1. The summed E-state index contributed by atoms with van der Waals surface area (Å²) in [5.41, 5.74) is 0.344. The summed E-state index contributed by atoms with van der Waals surface area (Å²) in [7, 11) is -3.93.